The van der Waals surface area contributed by atoms with Gasteiger partial charge in [0.05, 0.1) is 4.91 Å². The monoisotopic (exact) mass is 280 g/mol. The van der Waals surface area contributed by atoms with Crippen LogP contribution in [0.1, 0.15) is 32.6 Å². The zero-order chi connectivity index (χ0) is 13.9. The SMILES string of the molecule is C\C=C/C=C(\C=C\C=C\CN)S(=O)NC1CCCC1. The van der Waals surface area contributed by atoms with E-state index in [4.69, 9.17) is 5.73 Å². The summed E-state index contributed by atoms with van der Waals surface area (Å²) in [7, 11) is -1.15. The molecule has 4 heteroatoms. The van der Waals surface area contributed by atoms with Gasteiger partial charge < -0.3 is 5.73 Å². The van der Waals surface area contributed by atoms with E-state index in [2.05, 4.69) is 4.72 Å². The maximum atomic E-state index is 12.3. The first-order valence-corrected chi connectivity index (χ1v) is 7.97. The van der Waals surface area contributed by atoms with Crippen molar-refractivity contribution in [2.45, 2.75) is 38.6 Å². The fraction of sp³-hybridized carbons (Fsp3) is 0.467. The van der Waals surface area contributed by atoms with Crippen molar-refractivity contribution in [2.24, 2.45) is 5.73 Å². The van der Waals surface area contributed by atoms with Crippen molar-refractivity contribution in [3.05, 3.63) is 47.4 Å². The van der Waals surface area contributed by atoms with Gasteiger partial charge in [0.2, 0.25) is 0 Å². The Bertz CT molecular complexity index is 391. The zero-order valence-electron chi connectivity index (χ0n) is 11.5. The van der Waals surface area contributed by atoms with Gasteiger partial charge in [0.1, 0.15) is 11.0 Å². The van der Waals surface area contributed by atoms with E-state index in [1.165, 1.54) is 12.8 Å². The highest BCUT2D eigenvalue weighted by atomic mass is 32.2. The van der Waals surface area contributed by atoms with Crippen LogP contribution in [0.15, 0.2) is 47.4 Å². The lowest BCUT2D eigenvalue weighted by Gasteiger charge is -2.11. The second-order valence-electron chi connectivity index (χ2n) is 4.49. The standard InChI is InChI=1S/C15H24N2OS/c1-2-3-11-15(12-5-4-8-13-16)19(18)17-14-9-6-7-10-14/h2-5,8,11-12,14,17H,6-7,9-10,13,16H2,1H3/b3-2-,8-4+,12-5+,15-11+. The molecule has 0 spiro atoms. The Hall–Kier alpha value is -0.970. The van der Waals surface area contributed by atoms with E-state index in [1.54, 1.807) is 0 Å². The first-order chi connectivity index (χ1) is 9.27. The summed E-state index contributed by atoms with van der Waals surface area (Å²) in [5.41, 5.74) is 5.38. The third-order valence-corrected chi connectivity index (χ3v) is 4.19. The second-order valence-corrected chi connectivity index (χ2v) is 5.73. The Balaban J connectivity index is 2.64. The summed E-state index contributed by atoms with van der Waals surface area (Å²) in [6.45, 7) is 2.46. The maximum Gasteiger partial charge on any atom is 0.125 e. The van der Waals surface area contributed by atoms with Crippen molar-refractivity contribution in [3.63, 3.8) is 0 Å². The average molecular weight is 280 g/mol. The van der Waals surface area contributed by atoms with Gasteiger partial charge in [0, 0.05) is 12.6 Å². The van der Waals surface area contributed by atoms with E-state index in [9.17, 15) is 4.21 Å². The number of hydrogen-bond acceptors (Lipinski definition) is 2. The van der Waals surface area contributed by atoms with E-state index in [0.29, 0.717) is 12.6 Å². The molecule has 0 aromatic heterocycles. The molecule has 0 saturated heterocycles. The lowest BCUT2D eigenvalue weighted by atomic mass is 10.3. The van der Waals surface area contributed by atoms with E-state index in [0.717, 1.165) is 17.7 Å². The van der Waals surface area contributed by atoms with Crippen molar-refractivity contribution >= 4 is 11.0 Å². The molecule has 1 unspecified atom stereocenters. The van der Waals surface area contributed by atoms with E-state index < -0.39 is 11.0 Å². The van der Waals surface area contributed by atoms with Gasteiger partial charge in [-0.15, -0.1) is 0 Å². The van der Waals surface area contributed by atoms with Crippen LogP contribution < -0.4 is 10.5 Å². The van der Waals surface area contributed by atoms with Gasteiger partial charge in [-0.3, -0.25) is 0 Å². The number of nitrogens with one attached hydrogen (secondary N) is 1. The Morgan fingerprint density at radius 2 is 2.05 bits per heavy atom. The summed E-state index contributed by atoms with van der Waals surface area (Å²) in [6, 6.07) is 0.392. The smallest absolute Gasteiger partial charge is 0.125 e. The largest absolute Gasteiger partial charge is 0.327 e. The second kappa shape index (κ2) is 9.89. The van der Waals surface area contributed by atoms with E-state index in [-0.39, 0.29) is 0 Å². The van der Waals surface area contributed by atoms with Crippen molar-refractivity contribution in [3.8, 4) is 0 Å². The molecule has 0 bridgehead atoms. The van der Waals surface area contributed by atoms with Crippen LogP contribution in [0.4, 0.5) is 0 Å². The molecule has 1 aliphatic rings. The minimum Gasteiger partial charge on any atom is -0.327 e. The maximum absolute atomic E-state index is 12.3. The minimum atomic E-state index is -1.15. The van der Waals surface area contributed by atoms with Crippen LogP contribution in [0.25, 0.3) is 0 Å². The van der Waals surface area contributed by atoms with E-state index >= 15 is 0 Å². The molecule has 3 nitrogen and oxygen atoms in total. The first kappa shape index (κ1) is 16.1. The average Bonchev–Trinajstić information content (AvgIpc) is 2.90. The third kappa shape index (κ3) is 6.66. The van der Waals surface area contributed by atoms with E-state index in [1.807, 2.05) is 49.5 Å². The number of nitrogens with two attached hydrogens (primary N) is 1. The highest BCUT2D eigenvalue weighted by Crippen LogP contribution is 2.19. The molecule has 3 N–H and O–H groups in total. The Labute approximate surface area is 118 Å². The fourth-order valence-corrected chi connectivity index (χ4v) is 3.02. The molecule has 1 rings (SSSR count). The number of hydrogen-bond donors (Lipinski definition) is 2. The van der Waals surface area contributed by atoms with Gasteiger partial charge in [-0.25, -0.2) is 8.93 Å². The molecule has 1 atom stereocenters. The minimum absolute atomic E-state index is 0.392. The Morgan fingerprint density at radius 3 is 2.68 bits per heavy atom. The summed E-state index contributed by atoms with van der Waals surface area (Å²) in [5.74, 6) is 0. The highest BCUT2D eigenvalue weighted by Gasteiger charge is 2.17. The summed E-state index contributed by atoms with van der Waals surface area (Å²) < 4.78 is 15.5. The summed E-state index contributed by atoms with van der Waals surface area (Å²) in [6.07, 6.45) is 17.9. The molecule has 106 valence electrons. The van der Waals surface area contributed by atoms with Crippen LogP contribution in [0.2, 0.25) is 0 Å². The molecule has 0 amide bonds. The first-order valence-electron chi connectivity index (χ1n) is 6.82. The van der Waals surface area contributed by atoms with Crippen LogP contribution in [0.3, 0.4) is 0 Å². The zero-order valence-corrected chi connectivity index (χ0v) is 12.4. The third-order valence-electron chi connectivity index (χ3n) is 2.94. The number of rotatable bonds is 7. The van der Waals surface area contributed by atoms with Gasteiger partial charge in [0.15, 0.2) is 0 Å². The van der Waals surface area contributed by atoms with Gasteiger partial charge in [-0.05, 0) is 31.9 Å². The molecule has 19 heavy (non-hydrogen) atoms. The van der Waals surface area contributed by atoms with Crippen LogP contribution in [0, 0.1) is 0 Å². The topological polar surface area (TPSA) is 55.1 Å². The fourth-order valence-electron chi connectivity index (χ4n) is 1.94. The molecule has 1 saturated carbocycles. The van der Waals surface area contributed by atoms with Crippen LogP contribution in [-0.2, 0) is 11.0 Å². The summed E-state index contributed by atoms with van der Waals surface area (Å²) in [4.78, 5) is 0.784. The van der Waals surface area contributed by atoms with Crippen LogP contribution >= 0.6 is 0 Å². The molecular weight excluding hydrogens is 256 g/mol. The van der Waals surface area contributed by atoms with Crippen molar-refractivity contribution < 1.29 is 4.21 Å². The molecule has 0 radical (unpaired) electrons. The quantitative estimate of drug-likeness (QED) is 0.705. The van der Waals surface area contributed by atoms with Crippen molar-refractivity contribution in [2.75, 3.05) is 6.54 Å². The molecule has 1 aliphatic carbocycles. The van der Waals surface area contributed by atoms with Gasteiger partial charge in [0.25, 0.3) is 0 Å². The molecule has 0 aliphatic heterocycles. The predicted molar refractivity (Wildman–Crippen MR) is 83.8 cm³/mol. The highest BCUT2D eigenvalue weighted by molar-refractivity contribution is 7.87. The van der Waals surface area contributed by atoms with Gasteiger partial charge in [-0.1, -0.05) is 43.2 Å². The van der Waals surface area contributed by atoms with Gasteiger partial charge in [-0.2, -0.15) is 0 Å². The lowest BCUT2D eigenvalue weighted by Crippen LogP contribution is -2.28. The molecule has 1 fully saturated rings. The molecule has 0 aromatic carbocycles. The molecule has 0 aromatic rings. The predicted octanol–water partition coefficient (Wildman–Crippen LogP) is 2.71. The molecular formula is C15H24N2OS. The Kier molecular flexibility index (Phi) is 8.38. The van der Waals surface area contributed by atoms with Crippen molar-refractivity contribution in [1.29, 1.82) is 0 Å². The number of allylic oxidation sites excluding steroid dienone is 6. The summed E-state index contributed by atoms with van der Waals surface area (Å²) in [5, 5.41) is 0. The normalized spacial score (nSPS) is 20.2. The van der Waals surface area contributed by atoms with Crippen molar-refractivity contribution in [1.82, 2.24) is 4.72 Å². The Morgan fingerprint density at radius 1 is 1.32 bits per heavy atom. The van der Waals surface area contributed by atoms with Gasteiger partial charge >= 0.3 is 0 Å². The van der Waals surface area contributed by atoms with Crippen LogP contribution in [0.5, 0.6) is 0 Å². The summed E-state index contributed by atoms with van der Waals surface area (Å²) >= 11 is 0. The van der Waals surface area contributed by atoms with Crippen LogP contribution in [-0.4, -0.2) is 16.8 Å². The molecule has 0 heterocycles. The lowest BCUT2D eigenvalue weighted by molar-refractivity contribution is 0.621.